The second kappa shape index (κ2) is 7.11. The van der Waals surface area contributed by atoms with E-state index in [0.29, 0.717) is 10.7 Å². The summed E-state index contributed by atoms with van der Waals surface area (Å²) in [4.78, 5) is 22.6. The van der Waals surface area contributed by atoms with Gasteiger partial charge < -0.3 is 10.6 Å². The van der Waals surface area contributed by atoms with E-state index in [1.807, 2.05) is 6.92 Å². The molecular weight excluding hydrogens is 318 g/mol. The molecule has 0 saturated heterocycles. The number of nitro benzene ring substituents is 1. The van der Waals surface area contributed by atoms with Crippen molar-refractivity contribution < 1.29 is 9.72 Å². The SMILES string of the molecule is Cc1cc(NC(=O)CNc2ccccc2Cl)c([N+](=O)[O-])cc1C. The first-order valence-corrected chi connectivity index (χ1v) is 7.30. The van der Waals surface area contributed by atoms with Crippen LogP contribution in [0, 0.1) is 24.0 Å². The van der Waals surface area contributed by atoms with Gasteiger partial charge in [-0.15, -0.1) is 0 Å². The van der Waals surface area contributed by atoms with Gasteiger partial charge in [0.1, 0.15) is 5.69 Å². The van der Waals surface area contributed by atoms with Crippen LogP contribution in [0.25, 0.3) is 0 Å². The minimum Gasteiger partial charge on any atom is -0.375 e. The smallest absolute Gasteiger partial charge is 0.293 e. The van der Waals surface area contributed by atoms with Crippen LogP contribution in [0.5, 0.6) is 0 Å². The lowest BCUT2D eigenvalue weighted by molar-refractivity contribution is -0.384. The highest BCUT2D eigenvalue weighted by Crippen LogP contribution is 2.28. The van der Waals surface area contributed by atoms with Crippen molar-refractivity contribution in [3.63, 3.8) is 0 Å². The second-order valence-corrected chi connectivity index (χ2v) is 5.50. The second-order valence-electron chi connectivity index (χ2n) is 5.09. The standard InChI is InChI=1S/C16H16ClN3O3/c1-10-7-14(15(20(22)23)8-11(10)2)19-16(21)9-18-13-6-4-3-5-12(13)17/h3-8,18H,9H2,1-2H3,(H,19,21). The van der Waals surface area contributed by atoms with Crippen molar-refractivity contribution in [1.82, 2.24) is 0 Å². The summed E-state index contributed by atoms with van der Waals surface area (Å²) in [7, 11) is 0. The average molecular weight is 334 g/mol. The molecule has 0 bridgehead atoms. The molecule has 0 fully saturated rings. The number of para-hydroxylation sites is 1. The highest BCUT2D eigenvalue weighted by Gasteiger charge is 2.17. The first kappa shape index (κ1) is 16.8. The summed E-state index contributed by atoms with van der Waals surface area (Å²) in [6.45, 7) is 3.57. The van der Waals surface area contributed by atoms with Gasteiger partial charge in [-0.05, 0) is 43.2 Å². The highest BCUT2D eigenvalue weighted by atomic mass is 35.5. The number of nitrogens with one attached hydrogen (secondary N) is 2. The number of nitro groups is 1. The molecule has 2 aromatic rings. The van der Waals surface area contributed by atoms with E-state index in [4.69, 9.17) is 11.6 Å². The Labute approximate surface area is 138 Å². The van der Waals surface area contributed by atoms with Gasteiger partial charge in [-0.1, -0.05) is 23.7 Å². The van der Waals surface area contributed by atoms with Crippen LogP contribution < -0.4 is 10.6 Å². The van der Waals surface area contributed by atoms with Gasteiger partial charge in [0.05, 0.1) is 22.2 Å². The Hall–Kier alpha value is -2.60. The van der Waals surface area contributed by atoms with E-state index in [-0.39, 0.29) is 17.9 Å². The van der Waals surface area contributed by atoms with E-state index in [1.165, 1.54) is 6.07 Å². The van der Waals surface area contributed by atoms with E-state index in [1.54, 1.807) is 37.3 Å². The van der Waals surface area contributed by atoms with E-state index >= 15 is 0 Å². The molecular formula is C16H16ClN3O3. The summed E-state index contributed by atoms with van der Waals surface area (Å²) in [5.41, 5.74) is 2.34. The third-order valence-electron chi connectivity index (χ3n) is 3.40. The van der Waals surface area contributed by atoms with Crippen LogP contribution in [0.4, 0.5) is 17.1 Å². The van der Waals surface area contributed by atoms with Crippen molar-refractivity contribution >= 4 is 34.6 Å². The Bertz CT molecular complexity index is 762. The van der Waals surface area contributed by atoms with Crippen LogP contribution in [0.15, 0.2) is 36.4 Å². The fourth-order valence-corrected chi connectivity index (χ4v) is 2.23. The van der Waals surface area contributed by atoms with Crippen LogP contribution in [0.2, 0.25) is 5.02 Å². The van der Waals surface area contributed by atoms with Gasteiger partial charge in [0.25, 0.3) is 5.69 Å². The number of halogens is 1. The average Bonchev–Trinajstić information content (AvgIpc) is 2.49. The molecule has 6 nitrogen and oxygen atoms in total. The molecule has 0 heterocycles. The monoisotopic (exact) mass is 333 g/mol. The third-order valence-corrected chi connectivity index (χ3v) is 3.73. The maximum absolute atomic E-state index is 12.0. The minimum absolute atomic E-state index is 0.0478. The van der Waals surface area contributed by atoms with Gasteiger partial charge in [-0.3, -0.25) is 14.9 Å². The molecule has 0 aromatic heterocycles. The molecule has 0 saturated carbocycles. The zero-order chi connectivity index (χ0) is 17.0. The first-order chi connectivity index (χ1) is 10.9. The zero-order valence-electron chi connectivity index (χ0n) is 12.7. The molecule has 1 amide bonds. The number of hydrogen-bond donors (Lipinski definition) is 2. The molecule has 2 rings (SSSR count). The summed E-state index contributed by atoms with van der Waals surface area (Å²) < 4.78 is 0. The molecule has 0 spiro atoms. The van der Waals surface area contributed by atoms with E-state index in [0.717, 1.165) is 11.1 Å². The fourth-order valence-electron chi connectivity index (χ4n) is 2.03. The molecule has 0 unspecified atom stereocenters. The molecule has 7 heteroatoms. The van der Waals surface area contributed by atoms with Crippen molar-refractivity contribution in [2.24, 2.45) is 0 Å². The van der Waals surface area contributed by atoms with Crippen LogP contribution in [0.3, 0.4) is 0 Å². The lowest BCUT2D eigenvalue weighted by Crippen LogP contribution is -2.22. The van der Waals surface area contributed by atoms with Crippen molar-refractivity contribution in [2.45, 2.75) is 13.8 Å². The van der Waals surface area contributed by atoms with Crippen molar-refractivity contribution in [2.75, 3.05) is 17.2 Å². The molecule has 0 atom stereocenters. The van der Waals surface area contributed by atoms with E-state index in [2.05, 4.69) is 10.6 Å². The lowest BCUT2D eigenvalue weighted by Gasteiger charge is -2.10. The molecule has 0 aliphatic rings. The van der Waals surface area contributed by atoms with Gasteiger partial charge in [0.2, 0.25) is 5.91 Å². The number of amides is 1. The maximum Gasteiger partial charge on any atom is 0.293 e. The summed E-state index contributed by atoms with van der Waals surface area (Å²) in [6.07, 6.45) is 0. The number of benzene rings is 2. The topological polar surface area (TPSA) is 84.3 Å². The molecule has 2 aromatic carbocycles. The summed E-state index contributed by atoms with van der Waals surface area (Å²) in [5.74, 6) is -0.392. The number of carbonyl (C=O) groups excluding carboxylic acids is 1. The fraction of sp³-hybridized carbons (Fsp3) is 0.188. The van der Waals surface area contributed by atoms with E-state index in [9.17, 15) is 14.9 Å². The number of nitrogens with zero attached hydrogens (tertiary/aromatic N) is 1. The predicted molar refractivity (Wildman–Crippen MR) is 91.1 cm³/mol. The summed E-state index contributed by atoms with van der Waals surface area (Å²) in [6, 6.07) is 10.1. The number of carbonyl (C=O) groups is 1. The molecule has 23 heavy (non-hydrogen) atoms. The van der Waals surface area contributed by atoms with Crippen molar-refractivity contribution in [1.29, 1.82) is 0 Å². The van der Waals surface area contributed by atoms with Crippen molar-refractivity contribution in [3.8, 4) is 0 Å². The molecule has 0 aliphatic heterocycles. The van der Waals surface area contributed by atoms with E-state index < -0.39 is 10.8 Å². The Balaban J connectivity index is 2.10. The number of anilines is 2. The highest BCUT2D eigenvalue weighted by molar-refractivity contribution is 6.33. The minimum atomic E-state index is -0.510. The largest absolute Gasteiger partial charge is 0.375 e. The van der Waals surface area contributed by atoms with Crippen LogP contribution >= 0.6 is 11.6 Å². The van der Waals surface area contributed by atoms with Gasteiger partial charge in [-0.25, -0.2) is 0 Å². The number of rotatable bonds is 5. The zero-order valence-corrected chi connectivity index (χ0v) is 13.5. The van der Waals surface area contributed by atoms with Crippen LogP contribution in [-0.2, 0) is 4.79 Å². The van der Waals surface area contributed by atoms with Crippen LogP contribution in [0.1, 0.15) is 11.1 Å². The molecule has 120 valence electrons. The van der Waals surface area contributed by atoms with Crippen molar-refractivity contribution in [3.05, 3.63) is 62.7 Å². The van der Waals surface area contributed by atoms with Gasteiger partial charge >= 0.3 is 0 Å². The normalized spacial score (nSPS) is 10.2. The summed E-state index contributed by atoms with van der Waals surface area (Å²) >= 11 is 5.99. The van der Waals surface area contributed by atoms with Crippen LogP contribution in [-0.4, -0.2) is 17.4 Å². The Morgan fingerprint density at radius 3 is 2.48 bits per heavy atom. The molecule has 0 aliphatic carbocycles. The molecule has 2 N–H and O–H groups in total. The quantitative estimate of drug-likeness (QED) is 0.641. The number of aryl methyl sites for hydroxylation is 2. The van der Waals surface area contributed by atoms with Gasteiger partial charge in [-0.2, -0.15) is 0 Å². The first-order valence-electron chi connectivity index (χ1n) is 6.92. The predicted octanol–water partition coefficient (Wildman–Crippen LogP) is 3.92. The Kier molecular flexibility index (Phi) is 5.18. The number of hydrogen-bond acceptors (Lipinski definition) is 4. The summed E-state index contributed by atoms with van der Waals surface area (Å²) in [5, 5.41) is 17.1. The molecule has 0 radical (unpaired) electrons. The Morgan fingerprint density at radius 1 is 1.17 bits per heavy atom. The Morgan fingerprint density at radius 2 is 1.83 bits per heavy atom. The van der Waals surface area contributed by atoms with Gasteiger partial charge in [0.15, 0.2) is 0 Å². The van der Waals surface area contributed by atoms with Gasteiger partial charge in [0, 0.05) is 6.07 Å². The lowest BCUT2D eigenvalue weighted by atomic mass is 10.1. The third kappa shape index (κ3) is 4.20. The maximum atomic E-state index is 12.0.